The summed E-state index contributed by atoms with van der Waals surface area (Å²) in [4.78, 5) is 36.7. The van der Waals surface area contributed by atoms with Crippen molar-refractivity contribution >= 4 is 23.0 Å². The molecule has 9 nitrogen and oxygen atoms in total. The molecule has 0 saturated carbocycles. The van der Waals surface area contributed by atoms with Gasteiger partial charge < -0.3 is 18.8 Å². The maximum Gasteiger partial charge on any atom is 0.412 e. The van der Waals surface area contributed by atoms with Gasteiger partial charge in [0.15, 0.2) is 11.4 Å². The predicted octanol–water partition coefficient (Wildman–Crippen LogP) is 5.01. The SMILES string of the molecule is CO[C@@H](CCCC(=O)c1cnc2cc(C(C)(C)C)n(C)c2n1)[C@@H]1COC(C)(C)N1C(=O)OC(C)(C)C. The molecular weight excluding hydrogens is 460 g/mol. The number of hydrogen-bond acceptors (Lipinski definition) is 7. The molecule has 2 aromatic heterocycles. The molecule has 36 heavy (non-hydrogen) atoms. The Morgan fingerprint density at radius 2 is 1.89 bits per heavy atom. The monoisotopic (exact) mass is 502 g/mol. The van der Waals surface area contributed by atoms with Crippen LogP contribution in [0.15, 0.2) is 12.3 Å². The van der Waals surface area contributed by atoms with E-state index >= 15 is 0 Å². The van der Waals surface area contributed by atoms with Crippen LogP contribution >= 0.6 is 0 Å². The van der Waals surface area contributed by atoms with E-state index in [-0.39, 0.29) is 23.3 Å². The number of ketones is 1. The van der Waals surface area contributed by atoms with Gasteiger partial charge in [0.1, 0.15) is 22.5 Å². The molecule has 0 aliphatic carbocycles. The van der Waals surface area contributed by atoms with Crippen LogP contribution in [0, 0.1) is 0 Å². The van der Waals surface area contributed by atoms with E-state index in [4.69, 9.17) is 14.2 Å². The number of nitrogens with zero attached hydrogens (tertiary/aromatic N) is 4. The molecule has 200 valence electrons. The van der Waals surface area contributed by atoms with Crippen molar-refractivity contribution in [3.63, 3.8) is 0 Å². The van der Waals surface area contributed by atoms with E-state index in [1.54, 1.807) is 18.2 Å². The summed E-state index contributed by atoms with van der Waals surface area (Å²) in [5.74, 6) is -0.0650. The number of aryl methyl sites for hydroxylation is 1. The second-order valence-corrected chi connectivity index (χ2v) is 12.1. The van der Waals surface area contributed by atoms with Crippen LogP contribution in [0.3, 0.4) is 0 Å². The highest BCUT2D eigenvalue weighted by atomic mass is 16.6. The summed E-state index contributed by atoms with van der Waals surface area (Å²) >= 11 is 0. The van der Waals surface area contributed by atoms with Crippen LogP contribution in [0.2, 0.25) is 0 Å². The van der Waals surface area contributed by atoms with Gasteiger partial charge in [-0.1, -0.05) is 20.8 Å². The lowest BCUT2D eigenvalue weighted by Gasteiger charge is -2.37. The van der Waals surface area contributed by atoms with Crippen molar-refractivity contribution in [3.05, 3.63) is 23.7 Å². The van der Waals surface area contributed by atoms with Crippen LogP contribution in [0.1, 0.15) is 90.8 Å². The van der Waals surface area contributed by atoms with Gasteiger partial charge in [0.05, 0.1) is 24.9 Å². The number of methoxy groups -OCH3 is 1. The fourth-order valence-electron chi connectivity index (χ4n) is 4.76. The van der Waals surface area contributed by atoms with Crippen molar-refractivity contribution in [2.75, 3.05) is 13.7 Å². The van der Waals surface area contributed by atoms with Gasteiger partial charge in [-0.05, 0) is 53.5 Å². The first-order chi connectivity index (χ1) is 16.5. The first kappa shape index (κ1) is 28.1. The van der Waals surface area contributed by atoms with E-state index in [0.29, 0.717) is 37.2 Å². The van der Waals surface area contributed by atoms with Crippen molar-refractivity contribution in [2.45, 2.75) is 104 Å². The van der Waals surface area contributed by atoms with E-state index in [1.807, 2.05) is 52.3 Å². The molecule has 1 aliphatic heterocycles. The zero-order chi connectivity index (χ0) is 27.1. The predicted molar refractivity (Wildman–Crippen MR) is 138 cm³/mol. The summed E-state index contributed by atoms with van der Waals surface area (Å²) < 4.78 is 19.3. The molecule has 1 amide bonds. The average molecular weight is 503 g/mol. The van der Waals surface area contributed by atoms with Crippen LogP contribution in [0.25, 0.3) is 11.2 Å². The third-order valence-corrected chi connectivity index (χ3v) is 6.52. The molecule has 2 aromatic rings. The molecule has 0 unspecified atom stereocenters. The Labute approximate surface area is 214 Å². The van der Waals surface area contributed by atoms with E-state index in [9.17, 15) is 9.59 Å². The summed E-state index contributed by atoms with van der Waals surface area (Å²) in [5.41, 5.74) is 1.47. The van der Waals surface area contributed by atoms with Crippen molar-refractivity contribution < 1.29 is 23.8 Å². The van der Waals surface area contributed by atoms with Gasteiger partial charge >= 0.3 is 6.09 Å². The van der Waals surface area contributed by atoms with Crippen LogP contribution in [0.5, 0.6) is 0 Å². The second kappa shape index (κ2) is 10.1. The average Bonchev–Trinajstić information content (AvgIpc) is 3.25. The number of Topliss-reactive ketones (excluding diaryl/α,β-unsaturated/α-hetero) is 1. The highest BCUT2D eigenvalue weighted by Gasteiger charge is 2.48. The molecule has 0 spiro atoms. The molecule has 2 atom stereocenters. The fourth-order valence-corrected chi connectivity index (χ4v) is 4.76. The first-order valence-electron chi connectivity index (χ1n) is 12.6. The number of ether oxygens (including phenoxy) is 3. The zero-order valence-electron chi connectivity index (χ0n) is 23.5. The first-order valence-corrected chi connectivity index (χ1v) is 12.6. The summed E-state index contributed by atoms with van der Waals surface area (Å²) in [5, 5.41) is 0. The molecule has 0 bridgehead atoms. The molecule has 3 rings (SSSR count). The molecule has 3 heterocycles. The number of hydrogen-bond donors (Lipinski definition) is 0. The smallest absolute Gasteiger partial charge is 0.412 e. The minimum atomic E-state index is -0.814. The van der Waals surface area contributed by atoms with E-state index < -0.39 is 17.4 Å². The van der Waals surface area contributed by atoms with E-state index in [0.717, 1.165) is 11.2 Å². The van der Waals surface area contributed by atoms with Gasteiger partial charge in [-0.25, -0.2) is 9.78 Å². The third-order valence-electron chi connectivity index (χ3n) is 6.52. The second-order valence-electron chi connectivity index (χ2n) is 12.1. The molecule has 1 aliphatic rings. The minimum Gasteiger partial charge on any atom is -0.444 e. The minimum absolute atomic E-state index is 0.0534. The van der Waals surface area contributed by atoms with Crippen molar-refractivity contribution in [3.8, 4) is 0 Å². The lowest BCUT2D eigenvalue weighted by molar-refractivity contribution is -0.0703. The quantitative estimate of drug-likeness (QED) is 0.491. The van der Waals surface area contributed by atoms with Crippen molar-refractivity contribution in [1.82, 2.24) is 19.4 Å². The standard InChI is InChI=1S/C27H42N4O5/c1-25(2,3)22-14-17-23(30(22)9)29-18(15-28-17)20(32)12-11-13-21(34-10)19-16-35-27(7,8)31(19)24(33)36-26(4,5)6/h14-15,19,21H,11-13,16H2,1-10H3/t19-,21-/m0/s1. The Morgan fingerprint density at radius 1 is 1.22 bits per heavy atom. The number of amides is 1. The van der Waals surface area contributed by atoms with Gasteiger partial charge in [-0.15, -0.1) is 0 Å². The zero-order valence-corrected chi connectivity index (χ0v) is 23.5. The fraction of sp³-hybridized carbons (Fsp3) is 0.704. The lowest BCUT2D eigenvalue weighted by atomic mass is 9.92. The number of carbonyl (C=O) groups is 2. The van der Waals surface area contributed by atoms with Crippen LogP contribution < -0.4 is 0 Å². The van der Waals surface area contributed by atoms with Crippen LogP contribution in [-0.2, 0) is 26.7 Å². The Kier molecular flexibility index (Phi) is 7.86. The topological polar surface area (TPSA) is 95.8 Å². The molecule has 0 aromatic carbocycles. The molecular formula is C27H42N4O5. The molecule has 0 N–H and O–H groups in total. The lowest BCUT2D eigenvalue weighted by Crippen LogP contribution is -2.53. The maximum atomic E-state index is 13.0. The molecule has 9 heteroatoms. The number of rotatable bonds is 7. The van der Waals surface area contributed by atoms with Gasteiger partial charge in [-0.3, -0.25) is 14.7 Å². The number of carbonyl (C=O) groups excluding carboxylic acids is 2. The Bertz CT molecular complexity index is 1110. The van der Waals surface area contributed by atoms with Crippen LogP contribution in [0.4, 0.5) is 4.79 Å². The Morgan fingerprint density at radius 3 is 2.47 bits per heavy atom. The number of fused-ring (bicyclic) bond motifs is 1. The Hall–Kier alpha value is -2.52. The highest BCUT2D eigenvalue weighted by molar-refractivity contribution is 5.95. The highest BCUT2D eigenvalue weighted by Crippen LogP contribution is 2.33. The number of aromatic nitrogens is 3. The normalized spacial score (nSPS) is 19.1. The van der Waals surface area contributed by atoms with Gasteiger partial charge in [-0.2, -0.15) is 0 Å². The summed E-state index contributed by atoms with van der Waals surface area (Å²) in [6, 6.07) is 1.71. The largest absolute Gasteiger partial charge is 0.444 e. The van der Waals surface area contributed by atoms with Crippen LogP contribution in [-0.4, -0.2) is 68.5 Å². The molecule has 1 saturated heterocycles. The van der Waals surface area contributed by atoms with Gasteiger partial charge in [0.2, 0.25) is 0 Å². The van der Waals surface area contributed by atoms with Crippen molar-refractivity contribution in [1.29, 1.82) is 0 Å². The van der Waals surface area contributed by atoms with Crippen molar-refractivity contribution in [2.24, 2.45) is 7.05 Å². The summed E-state index contributed by atoms with van der Waals surface area (Å²) in [6.45, 7) is 16.0. The summed E-state index contributed by atoms with van der Waals surface area (Å²) in [6.07, 6.45) is 2.29. The Balaban J connectivity index is 1.68. The maximum absolute atomic E-state index is 13.0. The van der Waals surface area contributed by atoms with Gasteiger partial charge in [0, 0.05) is 31.7 Å². The third kappa shape index (κ3) is 6.06. The summed E-state index contributed by atoms with van der Waals surface area (Å²) in [7, 11) is 3.57. The van der Waals surface area contributed by atoms with E-state index in [2.05, 4.69) is 30.7 Å². The van der Waals surface area contributed by atoms with E-state index in [1.165, 1.54) is 0 Å². The molecule has 0 radical (unpaired) electrons. The molecule has 1 fully saturated rings. The van der Waals surface area contributed by atoms with Gasteiger partial charge in [0.25, 0.3) is 0 Å².